The predicted octanol–water partition coefficient (Wildman–Crippen LogP) is 1.70. The Labute approximate surface area is 79.0 Å². The standard InChI is InChI=1S/C11H14N2/c1-8-3-4-10(5-9(8)2)6-11(13)7-12/h3-5,11H,6,13H2,1-2H3. The van der Waals surface area contributed by atoms with Crippen molar-refractivity contribution in [1.29, 1.82) is 5.26 Å². The smallest absolute Gasteiger partial charge is 0.0968 e. The zero-order valence-electron chi connectivity index (χ0n) is 8.04. The van der Waals surface area contributed by atoms with E-state index < -0.39 is 0 Å². The van der Waals surface area contributed by atoms with Gasteiger partial charge in [-0.2, -0.15) is 5.26 Å². The Morgan fingerprint density at radius 3 is 2.62 bits per heavy atom. The van der Waals surface area contributed by atoms with E-state index in [0.717, 1.165) is 5.56 Å². The summed E-state index contributed by atoms with van der Waals surface area (Å²) in [4.78, 5) is 0. The third-order valence-electron chi connectivity index (χ3n) is 2.19. The highest BCUT2D eigenvalue weighted by molar-refractivity contribution is 5.30. The molecule has 0 aliphatic carbocycles. The molecule has 0 saturated heterocycles. The Balaban J connectivity index is 2.81. The van der Waals surface area contributed by atoms with Crippen molar-refractivity contribution in [3.63, 3.8) is 0 Å². The lowest BCUT2D eigenvalue weighted by molar-refractivity contribution is 0.822. The fourth-order valence-corrected chi connectivity index (χ4v) is 1.23. The largest absolute Gasteiger partial charge is 0.316 e. The van der Waals surface area contributed by atoms with Crippen molar-refractivity contribution in [3.05, 3.63) is 34.9 Å². The molecule has 68 valence electrons. The van der Waals surface area contributed by atoms with Gasteiger partial charge in [-0.15, -0.1) is 0 Å². The summed E-state index contributed by atoms with van der Waals surface area (Å²) >= 11 is 0. The molecule has 0 aliphatic heterocycles. The van der Waals surface area contributed by atoms with Gasteiger partial charge in [-0.1, -0.05) is 18.2 Å². The van der Waals surface area contributed by atoms with Crippen molar-refractivity contribution < 1.29 is 0 Å². The van der Waals surface area contributed by atoms with Crippen molar-refractivity contribution >= 4 is 0 Å². The van der Waals surface area contributed by atoms with E-state index >= 15 is 0 Å². The van der Waals surface area contributed by atoms with Crippen molar-refractivity contribution in [1.82, 2.24) is 0 Å². The second-order valence-corrected chi connectivity index (χ2v) is 3.36. The highest BCUT2D eigenvalue weighted by Gasteiger charge is 2.02. The van der Waals surface area contributed by atoms with Crippen LogP contribution in [0.2, 0.25) is 0 Å². The van der Waals surface area contributed by atoms with Crippen LogP contribution in [0.3, 0.4) is 0 Å². The quantitative estimate of drug-likeness (QED) is 0.741. The Morgan fingerprint density at radius 1 is 1.38 bits per heavy atom. The molecule has 1 unspecified atom stereocenters. The Morgan fingerprint density at radius 2 is 2.08 bits per heavy atom. The molecule has 13 heavy (non-hydrogen) atoms. The summed E-state index contributed by atoms with van der Waals surface area (Å²) in [5, 5.41) is 8.54. The van der Waals surface area contributed by atoms with Crippen molar-refractivity contribution in [2.75, 3.05) is 0 Å². The third-order valence-corrected chi connectivity index (χ3v) is 2.19. The van der Waals surface area contributed by atoms with E-state index in [1.165, 1.54) is 11.1 Å². The molecular formula is C11H14N2. The fourth-order valence-electron chi connectivity index (χ4n) is 1.23. The number of nitrogens with two attached hydrogens (primary N) is 1. The van der Waals surface area contributed by atoms with E-state index in [2.05, 4.69) is 26.0 Å². The molecule has 0 spiro atoms. The molecule has 0 aromatic heterocycles. The van der Waals surface area contributed by atoms with Gasteiger partial charge in [0.1, 0.15) is 0 Å². The van der Waals surface area contributed by atoms with E-state index in [-0.39, 0.29) is 6.04 Å². The van der Waals surface area contributed by atoms with Gasteiger partial charge in [-0.05, 0) is 30.5 Å². The molecule has 1 atom stereocenters. The molecule has 0 amide bonds. The van der Waals surface area contributed by atoms with E-state index in [1.54, 1.807) is 0 Å². The number of benzene rings is 1. The van der Waals surface area contributed by atoms with Gasteiger partial charge >= 0.3 is 0 Å². The Hall–Kier alpha value is -1.33. The number of aryl methyl sites for hydroxylation is 2. The molecule has 0 aliphatic rings. The van der Waals surface area contributed by atoms with E-state index in [4.69, 9.17) is 11.0 Å². The van der Waals surface area contributed by atoms with Crippen LogP contribution in [-0.4, -0.2) is 6.04 Å². The highest BCUT2D eigenvalue weighted by atomic mass is 14.6. The molecule has 1 aromatic rings. The zero-order valence-corrected chi connectivity index (χ0v) is 8.04. The second-order valence-electron chi connectivity index (χ2n) is 3.36. The lowest BCUT2D eigenvalue weighted by atomic mass is 10.0. The van der Waals surface area contributed by atoms with Gasteiger partial charge in [0.2, 0.25) is 0 Å². The van der Waals surface area contributed by atoms with Gasteiger partial charge in [-0.3, -0.25) is 0 Å². The van der Waals surface area contributed by atoms with Crippen LogP contribution in [0, 0.1) is 25.2 Å². The van der Waals surface area contributed by atoms with E-state index in [0.29, 0.717) is 6.42 Å². The lowest BCUT2D eigenvalue weighted by Gasteiger charge is -2.05. The number of hydrogen-bond donors (Lipinski definition) is 1. The third kappa shape index (κ3) is 2.57. The van der Waals surface area contributed by atoms with E-state index in [1.807, 2.05) is 12.1 Å². The molecule has 0 bridgehead atoms. The van der Waals surface area contributed by atoms with Crippen LogP contribution in [0.15, 0.2) is 18.2 Å². The minimum atomic E-state index is -0.387. The Bertz CT molecular complexity index is 336. The molecule has 0 fully saturated rings. The number of nitriles is 1. The molecule has 1 rings (SSSR count). The topological polar surface area (TPSA) is 49.8 Å². The van der Waals surface area contributed by atoms with Gasteiger partial charge in [0.25, 0.3) is 0 Å². The first-order chi connectivity index (χ1) is 6.13. The molecule has 1 aromatic carbocycles. The lowest BCUT2D eigenvalue weighted by Crippen LogP contribution is -2.20. The summed E-state index contributed by atoms with van der Waals surface area (Å²) in [7, 11) is 0. The van der Waals surface area contributed by atoms with Crippen molar-refractivity contribution in [2.24, 2.45) is 5.73 Å². The van der Waals surface area contributed by atoms with E-state index in [9.17, 15) is 0 Å². The normalized spacial score (nSPS) is 12.2. The molecule has 0 saturated carbocycles. The molecule has 0 radical (unpaired) electrons. The summed E-state index contributed by atoms with van der Waals surface area (Å²) in [5.41, 5.74) is 9.19. The van der Waals surface area contributed by atoms with Crippen LogP contribution in [0.5, 0.6) is 0 Å². The van der Waals surface area contributed by atoms with Crippen LogP contribution >= 0.6 is 0 Å². The van der Waals surface area contributed by atoms with Crippen molar-refractivity contribution in [2.45, 2.75) is 26.3 Å². The molecule has 2 nitrogen and oxygen atoms in total. The minimum Gasteiger partial charge on any atom is -0.316 e. The van der Waals surface area contributed by atoms with Gasteiger partial charge in [0.05, 0.1) is 12.1 Å². The first-order valence-corrected chi connectivity index (χ1v) is 4.35. The number of rotatable bonds is 2. The summed E-state index contributed by atoms with van der Waals surface area (Å²) in [6, 6.07) is 7.82. The van der Waals surface area contributed by atoms with Crippen LogP contribution < -0.4 is 5.73 Å². The van der Waals surface area contributed by atoms with Crippen LogP contribution in [-0.2, 0) is 6.42 Å². The summed E-state index contributed by atoms with van der Waals surface area (Å²) in [6.45, 7) is 4.14. The average molecular weight is 174 g/mol. The molecule has 2 heteroatoms. The monoisotopic (exact) mass is 174 g/mol. The Kier molecular flexibility index (Phi) is 3.05. The van der Waals surface area contributed by atoms with Crippen LogP contribution in [0.4, 0.5) is 0 Å². The first-order valence-electron chi connectivity index (χ1n) is 4.35. The maximum absolute atomic E-state index is 8.54. The summed E-state index contributed by atoms with van der Waals surface area (Å²) in [6.07, 6.45) is 0.637. The molecule has 0 heterocycles. The second kappa shape index (κ2) is 4.06. The maximum atomic E-state index is 8.54. The van der Waals surface area contributed by atoms with Gasteiger partial charge in [-0.25, -0.2) is 0 Å². The van der Waals surface area contributed by atoms with Crippen LogP contribution in [0.25, 0.3) is 0 Å². The fraction of sp³-hybridized carbons (Fsp3) is 0.364. The molecule has 2 N–H and O–H groups in total. The average Bonchev–Trinajstić information content (AvgIpc) is 2.11. The maximum Gasteiger partial charge on any atom is 0.0968 e. The predicted molar refractivity (Wildman–Crippen MR) is 53.2 cm³/mol. The SMILES string of the molecule is Cc1ccc(CC(N)C#N)cc1C. The van der Waals surface area contributed by atoms with Gasteiger partial charge in [0, 0.05) is 6.42 Å². The van der Waals surface area contributed by atoms with Gasteiger partial charge in [0.15, 0.2) is 0 Å². The highest BCUT2D eigenvalue weighted by Crippen LogP contribution is 2.10. The first kappa shape index (κ1) is 9.76. The minimum absolute atomic E-state index is 0.387. The summed E-state index contributed by atoms with van der Waals surface area (Å²) < 4.78 is 0. The van der Waals surface area contributed by atoms with Gasteiger partial charge < -0.3 is 5.73 Å². The number of nitrogens with zero attached hydrogens (tertiary/aromatic N) is 1. The van der Waals surface area contributed by atoms with Crippen molar-refractivity contribution in [3.8, 4) is 6.07 Å². The molecular weight excluding hydrogens is 160 g/mol. The number of hydrogen-bond acceptors (Lipinski definition) is 2. The summed E-state index contributed by atoms with van der Waals surface area (Å²) in [5.74, 6) is 0. The van der Waals surface area contributed by atoms with Crippen LogP contribution in [0.1, 0.15) is 16.7 Å². The zero-order chi connectivity index (χ0) is 9.84.